The Labute approximate surface area is 224 Å². The zero-order chi connectivity index (χ0) is 27.1. The van der Waals surface area contributed by atoms with Gasteiger partial charge in [-0.3, -0.25) is 0 Å². The molecule has 0 radical (unpaired) electrons. The zero-order valence-corrected chi connectivity index (χ0v) is 24.7. The van der Waals surface area contributed by atoms with E-state index in [2.05, 4.69) is 6.92 Å². The minimum absolute atomic E-state index is 0.252. The summed E-state index contributed by atoms with van der Waals surface area (Å²) in [5, 5.41) is 30.5. The van der Waals surface area contributed by atoms with Crippen molar-refractivity contribution in [2.75, 3.05) is 27.7 Å². The number of likely N-dealkylation sites (N-methyl/N-ethyl adjacent to an activating group) is 1. The zero-order valence-electron chi connectivity index (χ0n) is 24.7. The van der Waals surface area contributed by atoms with E-state index in [-0.39, 0.29) is 4.48 Å². The number of rotatable bonds is 27. The number of nitrogens with zero attached hydrogens (tertiary/aromatic N) is 1. The van der Waals surface area contributed by atoms with Crippen LogP contribution in [-0.4, -0.2) is 65.2 Å². The van der Waals surface area contributed by atoms with E-state index in [1.54, 1.807) is 0 Å². The average molecular weight is 515 g/mol. The van der Waals surface area contributed by atoms with Gasteiger partial charge in [0, 0.05) is 6.61 Å². The van der Waals surface area contributed by atoms with Crippen molar-refractivity contribution in [1.29, 1.82) is 0 Å². The maximum absolute atomic E-state index is 12.2. The molecule has 0 saturated heterocycles. The molecule has 2 atom stereocenters. The number of hydrogen-bond donors (Lipinski definition) is 3. The molecule has 36 heavy (non-hydrogen) atoms. The molecule has 0 spiro atoms. The third-order valence-electron chi connectivity index (χ3n) is 7.75. The molecule has 5 heteroatoms. The van der Waals surface area contributed by atoms with Crippen LogP contribution in [-0.2, 0) is 4.79 Å². The smallest absolute Gasteiger partial charge is 0.365 e. The van der Waals surface area contributed by atoms with Gasteiger partial charge in [-0.1, -0.05) is 135 Å². The second kappa shape index (κ2) is 22.3. The predicted molar refractivity (Wildman–Crippen MR) is 153 cm³/mol. The minimum atomic E-state index is -1.14. The lowest BCUT2D eigenvalue weighted by Gasteiger charge is -2.42. The number of aliphatic hydroxyl groups is 2. The first kappa shape index (κ1) is 35.4. The molecule has 2 unspecified atom stereocenters. The molecule has 0 aromatic rings. The van der Waals surface area contributed by atoms with Crippen molar-refractivity contribution in [3.05, 3.63) is 0 Å². The van der Waals surface area contributed by atoms with E-state index in [0.717, 1.165) is 38.5 Å². The molecule has 0 saturated carbocycles. The topological polar surface area (TPSA) is 77.8 Å². The summed E-state index contributed by atoms with van der Waals surface area (Å²) in [5.41, 5.74) is -1.14. The van der Waals surface area contributed by atoms with Gasteiger partial charge in [0.05, 0.1) is 21.1 Å². The molecular formula is C31H64NO4+. The number of carbonyl (C=O) groups is 1. The van der Waals surface area contributed by atoms with Crippen LogP contribution in [0.4, 0.5) is 0 Å². The molecular weight excluding hydrogens is 450 g/mol. The third-order valence-corrected chi connectivity index (χ3v) is 7.75. The van der Waals surface area contributed by atoms with Gasteiger partial charge in [0.15, 0.2) is 0 Å². The Kier molecular flexibility index (Phi) is 21.9. The van der Waals surface area contributed by atoms with Gasteiger partial charge in [0.1, 0.15) is 5.60 Å². The number of quaternary nitrogens is 1. The van der Waals surface area contributed by atoms with E-state index >= 15 is 0 Å². The summed E-state index contributed by atoms with van der Waals surface area (Å²) < 4.78 is 0.252. The molecule has 0 heterocycles. The fourth-order valence-electron chi connectivity index (χ4n) is 5.73. The quantitative estimate of drug-likeness (QED) is 0.0770. The van der Waals surface area contributed by atoms with Crippen LogP contribution in [0, 0.1) is 0 Å². The third kappa shape index (κ3) is 18.6. The molecule has 0 aromatic heterocycles. The van der Waals surface area contributed by atoms with Crippen LogP contribution >= 0.6 is 0 Å². The van der Waals surface area contributed by atoms with Crippen LogP contribution in [0.5, 0.6) is 0 Å². The van der Waals surface area contributed by atoms with Crippen molar-refractivity contribution >= 4 is 5.97 Å². The van der Waals surface area contributed by atoms with Crippen LogP contribution in [0.3, 0.4) is 0 Å². The minimum Gasteiger partial charge on any atom is -0.477 e. The lowest BCUT2D eigenvalue weighted by atomic mass is 9.81. The van der Waals surface area contributed by atoms with Crippen LogP contribution < -0.4 is 0 Å². The Bertz CT molecular complexity index is 505. The second-order valence-electron chi connectivity index (χ2n) is 12.3. The highest BCUT2D eigenvalue weighted by atomic mass is 16.4. The molecule has 216 valence electrons. The molecule has 0 bridgehead atoms. The van der Waals surface area contributed by atoms with E-state index in [1.165, 1.54) is 96.3 Å². The number of aliphatic carboxylic acids is 1. The number of carboxylic acid groups (broad SMARTS) is 1. The Morgan fingerprint density at radius 2 is 0.917 bits per heavy atom. The molecule has 3 N–H and O–H groups in total. The van der Waals surface area contributed by atoms with Gasteiger partial charge < -0.3 is 19.8 Å². The Morgan fingerprint density at radius 1 is 0.611 bits per heavy atom. The maximum Gasteiger partial charge on any atom is 0.365 e. The standard InChI is InChI=1S/C31H63NO4/c1-5-6-7-8-9-10-14-17-20-23-26-31(36,29(30(34)35)32(2,3)4)27-24-21-18-15-12-11-13-16-19-22-25-28-33/h29,33,36H,5-28H2,1-4H3/p+1. The fraction of sp³-hybridized carbons (Fsp3) is 0.968. The summed E-state index contributed by atoms with van der Waals surface area (Å²) in [6, 6.07) is -0.790. The normalized spacial score (nSPS) is 14.6. The second-order valence-corrected chi connectivity index (χ2v) is 12.3. The molecule has 0 rings (SSSR count). The molecule has 5 nitrogen and oxygen atoms in total. The van der Waals surface area contributed by atoms with E-state index in [9.17, 15) is 15.0 Å². The maximum atomic E-state index is 12.2. The Balaban J connectivity index is 4.34. The number of unbranched alkanes of at least 4 members (excludes halogenated alkanes) is 19. The largest absolute Gasteiger partial charge is 0.477 e. The summed E-state index contributed by atoms with van der Waals surface area (Å²) >= 11 is 0. The lowest BCUT2D eigenvalue weighted by molar-refractivity contribution is -0.895. The van der Waals surface area contributed by atoms with Gasteiger partial charge in [-0.15, -0.1) is 0 Å². The van der Waals surface area contributed by atoms with Crippen LogP contribution in [0.2, 0.25) is 0 Å². The molecule has 0 aliphatic rings. The predicted octanol–water partition coefficient (Wildman–Crippen LogP) is 7.86. The number of hydrogen-bond acceptors (Lipinski definition) is 3. The molecule has 0 amide bonds. The monoisotopic (exact) mass is 514 g/mol. The van der Waals surface area contributed by atoms with E-state index in [1.807, 2.05) is 21.1 Å². The first-order valence-corrected chi connectivity index (χ1v) is 15.6. The number of carboxylic acids is 1. The Hall–Kier alpha value is -0.650. The summed E-state index contributed by atoms with van der Waals surface area (Å²) in [6.07, 6.45) is 26.4. The highest BCUT2D eigenvalue weighted by molar-refractivity contribution is 5.73. The average Bonchev–Trinajstić information content (AvgIpc) is 2.80. The molecule has 0 fully saturated rings. The van der Waals surface area contributed by atoms with Crippen molar-refractivity contribution in [2.24, 2.45) is 0 Å². The van der Waals surface area contributed by atoms with Gasteiger partial charge >= 0.3 is 5.97 Å². The van der Waals surface area contributed by atoms with Gasteiger partial charge in [-0.2, -0.15) is 0 Å². The highest BCUT2D eigenvalue weighted by Gasteiger charge is 2.49. The highest BCUT2D eigenvalue weighted by Crippen LogP contribution is 2.31. The summed E-state index contributed by atoms with van der Waals surface area (Å²) in [5.74, 6) is -0.879. The fourth-order valence-corrected chi connectivity index (χ4v) is 5.73. The van der Waals surface area contributed by atoms with E-state index < -0.39 is 17.6 Å². The molecule has 0 aliphatic heterocycles. The van der Waals surface area contributed by atoms with Crippen molar-refractivity contribution in [2.45, 2.75) is 166 Å². The first-order valence-electron chi connectivity index (χ1n) is 15.6. The van der Waals surface area contributed by atoms with Crippen molar-refractivity contribution in [3.63, 3.8) is 0 Å². The lowest BCUT2D eigenvalue weighted by Crippen LogP contribution is -2.62. The first-order chi connectivity index (χ1) is 17.2. The van der Waals surface area contributed by atoms with Crippen LogP contribution in [0.1, 0.15) is 155 Å². The van der Waals surface area contributed by atoms with Crippen LogP contribution in [0.25, 0.3) is 0 Å². The van der Waals surface area contributed by atoms with E-state index in [4.69, 9.17) is 5.11 Å². The molecule has 0 aromatic carbocycles. The van der Waals surface area contributed by atoms with Gasteiger partial charge in [-0.25, -0.2) is 4.79 Å². The van der Waals surface area contributed by atoms with Crippen molar-refractivity contribution in [3.8, 4) is 0 Å². The molecule has 0 aliphatic carbocycles. The van der Waals surface area contributed by atoms with Gasteiger partial charge in [0.25, 0.3) is 0 Å². The Morgan fingerprint density at radius 3 is 1.19 bits per heavy atom. The van der Waals surface area contributed by atoms with Crippen molar-refractivity contribution in [1.82, 2.24) is 0 Å². The van der Waals surface area contributed by atoms with Gasteiger partial charge in [0.2, 0.25) is 6.04 Å². The summed E-state index contributed by atoms with van der Waals surface area (Å²) in [6.45, 7) is 2.57. The van der Waals surface area contributed by atoms with Crippen molar-refractivity contribution < 1.29 is 24.6 Å². The SMILES string of the molecule is CCCCCCCCCCCCC(O)(CCCCCCCCCCCCCO)C(C(=O)O)[N+](C)(C)C. The van der Waals surface area contributed by atoms with Crippen LogP contribution in [0.15, 0.2) is 0 Å². The summed E-state index contributed by atoms with van der Waals surface area (Å²) in [4.78, 5) is 12.2. The van der Waals surface area contributed by atoms with E-state index in [0.29, 0.717) is 19.4 Å². The number of aliphatic hydroxyl groups excluding tert-OH is 1. The van der Waals surface area contributed by atoms with Gasteiger partial charge in [-0.05, 0) is 19.3 Å². The summed E-state index contributed by atoms with van der Waals surface area (Å²) in [7, 11) is 5.68.